The molecular formula is C12H20N4O3. The lowest BCUT2D eigenvalue weighted by Crippen LogP contribution is -2.47. The van der Waals surface area contributed by atoms with E-state index in [1.54, 1.807) is 11.6 Å². The number of carboxylic acid groups (broad SMARTS) is 1. The number of rotatable bonds is 6. The first-order valence-electron chi connectivity index (χ1n) is 6.17. The molecule has 1 rings (SSSR count). The fourth-order valence-electron chi connectivity index (χ4n) is 1.77. The highest BCUT2D eigenvalue weighted by molar-refractivity contribution is 5.82. The maximum absolute atomic E-state index is 11.8. The van der Waals surface area contributed by atoms with Crippen molar-refractivity contribution in [3.05, 3.63) is 18.0 Å². The molecule has 0 saturated carbocycles. The number of aromatic nitrogens is 2. The van der Waals surface area contributed by atoms with E-state index < -0.39 is 12.0 Å². The van der Waals surface area contributed by atoms with Gasteiger partial charge in [-0.25, -0.2) is 9.59 Å². The number of carboxylic acids is 1. The molecule has 19 heavy (non-hydrogen) atoms. The Kier molecular flexibility index (Phi) is 5.35. The Hall–Kier alpha value is -2.05. The lowest BCUT2D eigenvalue weighted by molar-refractivity contribution is -0.141. The van der Waals surface area contributed by atoms with Gasteiger partial charge in [-0.15, -0.1) is 0 Å². The van der Waals surface area contributed by atoms with Gasteiger partial charge in [0.25, 0.3) is 0 Å². The third-order valence-corrected chi connectivity index (χ3v) is 2.89. The van der Waals surface area contributed by atoms with E-state index in [0.29, 0.717) is 19.4 Å². The van der Waals surface area contributed by atoms with Crippen LogP contribution in [0.25, 0.3) is 0 Å². The Bertz CT molecular complexity index is 444. The monoisotopic (exact) mass is 268 g/mol. The lowest BCUT2D eigenvalue weighted by Gasteiger charge is -2.23. The van der Waals surface area contributed by atoms with Crippen LogP contribution in [0.4, 0.5) is 4.79 Å². The number of aliphatic carboxylic acids is 1. The molecular weight excluding hydrogens is 248 g/mol. The molecule has 0 fully saturated rings. The summed E-state index contributed by atoms with van der Waals surface area (Å²) >= 11 is 0. The number of nitrogens with one attached hydrogen (secondary N) is 1. The van der Waals surface area contributed by atoms with Gasteiger partial charge in [0, 0.05) is 33.3 Å². The number of aryl methyl sites for hydroxylation is 1. The van der Waals surface area contributed by atoms with Crippen LogP contribution in [0.3, 0.4) is 0 Å². The summed E-state index contributed by atoms with van der Waals surface area (Å²) in [6.45, 7) is 2.16. The molecule has 0 bridgehead atoms. The summed E-state index contributed by atoms with van der Waals surface area (Å²) < 4.78 is 1.70. The van der Waals surface area contributed by atoms with Crippen molar-refractivity contribution in [3.63, 3.8) is 0 Å². The van der Waals surface area contributed by atoms with Crippen LogP contribution < -0.4 is 5.32 Å². The van der Waals surface area contributed by atoms with Crippen molar-refractivity contribution in [2.75, 3.05) is 13.6 Å². The predicted octanol–water partition coefficient (Wildman–Crippen LogP) is 0.467. The molecule has 2 amide bonds. The van der Waals surface area contributed by atoms with Crippen LogP contribution in [0.5, 0.6) is 0 Å². The van der Waals surface area contributed by atoms with Crippen LogP contribution in [-0.2, 0) is 18.3 Å². The number of hydrogen-bond acceptors (Lipinski definition) is 3. The molecule has 0 saturated heterocycles. The molecule has 1 unspecified atom stereocenters. The summed E-state index contributed by atoms with van der Waals surface area (Å²) in [6.07, 6.45) is 2.82. The first kappa shape index (κ1) is 15.0. The summed E-state index contributed by atoms with van der Waals surface area (Å²) in [6, 6.07) is 0.696. The van der Waals surface area contributed by atoms with Crippen LogP contribution >= 0.6 is 0 Å². The van der Waals surface area contributed by atoms with Crippen molar-refractivity contribution in [3.8, 4) is 0 Å². The van der Waals surface area contributed by atoms with E-state index >= 15 is 0 Å². The van der Waals surface area contributed by atoms with Gasteiger partial charge in [0.15, 0.2) is 0 Å². The zero-order chi connectivity index (χ0) is 14.4. The molecule has 1 aromatic rings. The molecule has 2 N–H and O–H groups in total. The Morgan fingerprint density at radius 2 is 2.26 bits per heavy atom. The van der Waals surface area contributed by atoms with Gasteiger partial charge < -0.3 is 15.3 Å². The van der Waals surface area contributed by atoms with E-state index in [4.69, 9.17) is 5.11 Å². The van der Waals surface area contributed by atoms with Gasteiger partial charge in [-0.1, -0.05) is 6.92 Å². The second kappa shape index (κ2) is 6.77. The molecule has 0 aliphatic carbocycles. The van der Waals surface area contributed by atoms with Crippen LogP contribution in [0.2, 0.25) is 0 Å². The van der Waals surface area contributed by atoms with E-state index in [1.165, 1.54) is 11.9 Å². The van der Waals surface area contributed by atoms with Gasteiger partial charge in [-0.2, -0.15) is 5.10 Å². The fourth-order valence-corrected chi connectivity index (χ4v) is 1.77. The predicted molar refractivity (Wildman–Crippen MR) is 69.8 cm³/mol. The lowest BCUT2D eigenvalue weighted by atomic mass is 10.2. The number of hydrogen-bond donors (Lipinski definition) is 2. The van der Waals surface area contributed by atoms with Gasteiger partial charge in [0.1, 0.15) is 6.04 Å². The van der Waals surface area contributed by atoms with Crippen LogP contribution in [0, 0.1) is 0 Å². The normalized spacial score (nSPS) is 11.9. The van der Waals surface area contributed by atoms with Gasteiger partial charge in [0.2, 0.25) is 0 Å². The molecule has 1 heterocycles. The highest BCUT2D eigenvalue weighted by Gasteiger charge is 2.24. The van der Waals surface area contributed by atoms with Crippen LogP contribution in [0.1, 0.15) is 19.0 Å². The smallest absolute Gasteiger partial charge is 0.326 e. The SMILES string of the molecule is CCC(C(=O)O)N(C)C(=O)NCCc1ccn(C)n1. The first-order valence-corrected chi connectivity index (χ1v) is 6.17. The van der Waals surface area contributed by atoms with Gasteiger partial charge in [-0.3, -0.25) is 4.68 Å². The summed E-state index contributed by atoms with van der Waals surface area (Å²) in [5.74, 6) is -0.995. The maximum Gasteiger partial charge on any atom is 0.326 e. The van der Waals surface area contributed by atoms with E-state index in [-0.39, 0.29) is 6.03 Å². The minimum absolute atomic E-state index is 0.374. The molecule has 0 radical (unpaired) electrons. The van der Waals surface area contributed by atoms with Gasteiger partial charge in [-0.05, 0) is 12.5 Å². The molecule has 7 nitrogen and oxygen atoms in total. The molecule has 0 aliphatic rings. The van der Waals surface area contributed by atoms with Crippen LogP contribution in [0.15, 0.2) is 12.3 Å². The third kappa shape index (κ3) is 4.27. The average molecular weight is 268 g/mol. The average Bonchev–Trinajstić information content (AvgIpc) is 2.75. The van der Waals surface area contributed by atoms with Crippen molar-refractivity contribution in [2.24, 2.45) is 7.05 Å². The van der Waals surface area contributed by atoms with E-state index in [1.807, 2.05) is 19.3 Å². The number of carbonyl (C=O) groups is 2. The topological polar surface area (TPSA) is 87.5 Å². The third-order valence-electron chi connectivity index (χ3n) is 2.89. The maximum atomic E-state index is 11.8. The molecule has 1 atom stereocenters. The van der Waals surface area contributed by atoms with Gasteiger partial charge >= 0.3 is 12.0 Å². The second-order valence-electron chi connectivity index (χ2n) is 4.34. The Morgan fingerprint density at radius 1 is 1.58 bits per heavy atom. The summed E-state index contributed by atoms with van der Waals surface area (Å²) in [5.41, 5.74) is 0.885. The summed E-state index contributed by atoms with van der Waals surface area (Å²) in [7, 11) is 3.31. The minimum Gasteiger partial charge on any atom is -0.480 e. The molecule has 106 valence electrons. The van der Waals surface area contributed by atoms with Crippen molar-refractivity contribution >= 4 is 12.0 Å². The highest BCUT2D eigenvalue weighted by atomic mass is 16.4. The zero-order valence-corrected chi connectivity index (χ0v) is 11.5. The summed E-state index contributed by atoms with van der Waals surface area (Å²) in [5, 5.41) is 15.8. The standard InChI is InChI=1S/C12H20N4O3/c1-4-10(11(17)18)16(3)12(19)13-7-5-9-6-8-15(2)14-9/h6,8,10H,4-5,7H2,1-3H3,(H,13,19)(H,17,18). The fraction of sp³-hybridized carbons (Fsp3) is 0.583. The van der Waals surface area contributed by atoms with E-state index in [2.05, 4.69) is 10.4 Å². The number of carbonyl (C=O) groups excluding carboxylic acids is 1. The Labute approximate surface area is 112 Å². The van der Waals surface area contributed by atoms with E-state index in [0.717, 1.165) is 5.69 Å². The quantitative estimate of drug-likeness (QED) is 0.785. The van der Waals surface area contributed by atoms with Gasteiger partial charge in [0.05, 0.1) is 5.69 Å². The van der Waals surface area contributed by atoms with Crippen LogP contribution in [-0.4, -0.2) is 51.4 Å². The van der Waals surface area contributed by atoms with Crippen molar-refractivity contribution < 1.29 is 14.7 Å². The number of urea groups is 1. The Balaban J connectivity index is 2.40. The number of nitrogens with zero attached hydrogens (tertiary/aromatic N) is 3. The van der Waals surface area contributed by atoms with Crippen molar-refractivity contribution in [1.29, 1.82) is 0 Å². The van der Waals surface area contributed by atoms with Crippen molar-refractivity contribution in [1.82, 2.24) is 20.0 Å². The highest BCUT2D eigenvalue weighted by Crippen LogP contribution is 2.02. The molecule has 0 aliphatic heterocycles. The zero-order valence-electron chi connectivity index (χ0n) is 11.5. The summed E-state index contributed by atoms with van der Waals surface area (Å²) in [4.78, 5) is 23.9. The minimum atomic E-state index is -0.995. The second-order valence-corrected chi connectivity index (χ2v) is 4.34. The first-order chi connectivity index (χ1) is 8.95. The number of likely N-dealkylation sites (N-methyl/N-ethyl adjacent to an activating group) is 1. The molecule has 7 heteroatoms. The largest absolute Gasteiger partial charge is 0.480 e. The van der Waals surface area contributed by atoms with Crippen molar-refractivity contribution in [2.45, 2.75) is 25.8 Å². The molecule has 0 spiro atoms. The molecule has 0 aromatic carbocycles. The molecule has 1 aromatic heterocycles. The van der Waals surface area contributed by atoms with E-state index in [9.17, 15) is 9.59 Å². The number of amides is 2. The Morgan fingerprint density at radius 3 is 2.74 bits per heavy atom.